The molecule has 2 aromatic carbocycles. The highest BCUT2D eigenvalue weighted by molar-refractivity contribution is 7.90. The topological polar surface area (TPSA) is 77.7 Å². The number of rotatable bonds is 5. The van der Waals surface area contributed by atoms with E-state index in [1.54, 1.807) is 17.6 Å². The molecule has 6 nitrogen and oxygen atoms in total. The largest absolute Gasteiger partial charge is 0.465 e. The maximum Gasteiger partial charge on any atom is 0.326 e. The van der Waals surface area contributed by atoms with E-state index in [9.17, 15) is 13.2 Å². The van der Waals surface area contributed by atoms with Gasteiger partial charge in [-0.05, 0) is 43.3 Å². The lowest BCUT2D eigenvalue weighted by Crippen LogP contribution is -2.23. The molecule has 1 aromatic heterocycles. The van der Waals surface area contributed by atoms with Crippen molar-refractivity contribution in [3.63, 3.8) is 0 Å². The van der Waals surface area contributed by atoms with Gasteiger partial charge < -0.3 is 9.30 Å². The van der Waals surface area contributed by atoms with Gasteiger partial charge in [0, 0.05) is 5.02 Å². The smallest absolute Gasteiger partial charge is 0.326 e. The van der Waals surface area contributed by atoms with Crippen LogP contribution in [0.5, 0.6) is 0 Å². The van der Waals surface area contributed by atoms with E-state index >= 15 is 0 Å². The zero-order valence-electron chi connectivity index (χ0n) is 13.8. The van der Waals surface area contributed by atoms with Gasteiger partial charge in [0.1, 0.15) is 6.54 Å². The number of para-hydroxylation sites is 1. The molecule has 3 aromatic rings. The zero-order valence-corrected chi connectivity index (χ0v) is 16.1. The number of nitrogens with zero attached hydrogens (tertiary/aromatic N) is 2. The van der Waals surface area contributed by atoms with E-state index < -0.39 is 16.0 Å². The summed E-state index contributed by atoms with van der Waals surface area (Å²) in [6.45, 7) is 1.84. The Morgan fingerprint density at radius 1 is 1.19 bits per heavy atom. The van der Waals surface area contributed by atoms with Crippen LogP contribution in [0, 0.1) is 0 Å². The van der Waals surface area contributed by atoms with Gasteiger partial charge >= 0.3 is 5.97 Å². The zero-order chi connectivity index (χ0) is 18.7. The first-order valence-corrected chi connectivity index (χ1v) is 10.3. The van der Waals surface area contributed by atoms with Crippen LogP contribution in [0.15, 0.2) is 57.8 Å². The highest BCUT2D eigenvalue weighted by Gasteiger charge is 2.16. The Morgan fingerprint density at radius 3 is 2.58 bits per heavy atom. The molecule has 0 atom stereocenters. The van der Waals surface area contributed by atoms with E-state index in [-0.39, 0.29) is 22.8 Å². The second-order valence-corrected chi connectivity index (χ2v) is 8.31. The molecule has 3 rings (SSSR count). The Morgan fingerprint density at radius 2 is 1.88 bits per heavy atom. The summed E-state index contributed by atoms with van der Waals surface area (Å²) in [7, 11) is -3.94. The van der Waals surface area contributed by atoms with Crippen LogP contribution in [0.2, 0.25) is 5.02 Å². The molecule has 0 unspecified atom stereocenters. The van der Waals surface area contributed by atoms with E-state index in [1.165, 1.54) is 35.6 Å². The highest BCUT2D eigenvalue weighted by atomic mass is 35.5. The van der Waals surface area contributed by atoms with Crippen molar-refractivity contribution >= 4 is 49.1 Å². The number of benzene rings is 2. The summed E-state index contributed by atoms with van der Waals surface area (Å²) in [4.78, 5) is 12.2. The maximum atomic E-state index is 12.6. The van der Waals surface area contributed by atoms with E-state index in [2.05, 4.69) is 4.40 Å². The molecule has 0 aliphatic rings. The lowest BCUT2D eigenvalue weighted by Gasteiger charge is -2.05. The SMILES string of the molecule is CCOC(=O)Cn1/c(=N/S(=O)(=O)c2ccc(Cl)cc2)sc2ccccc21. The van der Waals surface area contributed by atoms with Crippen LogP contribution in [0.4, 0.5) is 0 Å². The standard InChI is InChI=1S/C17H15ClN2O4S2/c1-2-24-16(21)11-20-14-5-3-4-6-15(14)25-17(20)19-26(22,23)13-9-7-12(18)8-10-13/h3-10H,2,11H2,1H3/b19-17-. The second-order valence-electron chi connectivity index (χ2n) is 5.26. The van der Waals surface area contributed by atoms with Crippen molar-refractivity contribution in [2.45, 2.75) is 18.4 Å². The van der Waals surface area contributed by atoms with E-state index in [0.717, 1.165) is 10.2 Å². The van der Waals surface area contributed by atoms with Gasteiger partial charge in [0.25, 0.3) is 10.0 Å². The molecule has 0 aliphatic heterocycles. The van der Waals surface area contributed by atoms with Gasteiger partial charge in [-0.1, -0.05) is 35.1 Å². The summed E-state index contributed by atoms with van der Waals surface area (Å²) in [5.41, 5.74) is 0.718. The molecular weight excluding hydrogens is 396 g/mol. The molecule has 136 valence electrons. The molecule has 0 saturated heterocycles. The Labute approximate surface area is 159 Å². The van der Waals surface area contributed by atoms with Gasteiger partial charge in [-0.15, -0.1) is 4.40 Å². The van der Waals surface area contributed by atoms with Gasteiger partial charge in [0.2, 0.25) is 4.80 Å². The van der Waals surface area contributed by atoms with Gasteiger partial charge in [0.05, 0.1) is 21.7 Å². The third-order valence-corrected chi connectivity index (χ3v) is 6.20. The van der Waals surface area contributed by atoms with Crippen LogP contribution < -0.4 is 4.80 Å². The summed E-state index contributed by atoms with van der Waals surface area (Å²) in [6, 6.07) is 13.1. The average Bonchev–Trinajstić information content (AvgIpc) is 2.92. The first-order chi connectivity index (χ1) is 12.4. The molecule has 0 spiro atoms. The minimum absolute atomic E-state index is 0.0297. The van der Waals surface area contributed by atoms with Crippen LogP contribution in [0.1, 0.15) is 6.92 Å². The summed E-state index contributed by atoms with van der Waals surface area (Å²) >= 11 is 7.00. The number of hydrogen-bond donors (Lipinski definition) is 0. The van der Waals surface area contributed by atoms with Crippen LogP contribution in [-0.4, -0.2) is 25.6 Å². The molecule has 26 heavy (non-hydrogen) atoms. The first-order valence-electron chi connectivity index (χ1n) is 7.71. The number of esters is 1. The monoisotopic (exact) mass is 410 g/mol. The maximum absolute atomic E-state index is 12.6. The fraction of sp³-hybridized carbons (Fsp3) is 0.176. The molecule has 0 aliphatic carbocycles. The average molecular weight is 411 g/mol. The minimum Gasteiger partial charge on any atom is -0.465 e. The lowest BCUT2D eigenvalue weighted by molar-refractivity contribution is -0.143. The van der Waals surface area contributed by atoms with E-state index in [4.69, 9.17) is 16.3 Å². The lowest BCUT2D eigenvalue weighted by atomic mass is 10.3. The number of ether oxygens (including phenoxy) is 1. The summed E-state index contributed by atoms with van der Waals surface area (Å²) < 4.78 is 36.5. The van der Waals surface area contributed by atoms with Crippen molar-refractivity contribution in [1.29, 1.82) is 0 Å². The second kappa shape index (κ2) is 7.61. The number of sulfonamides is 1. The molecule has 9 heteroatoms. The van der Waals surface area contributed by atoms with Crippen molar-refractivity contribution in [3.8, 4) is 0 Å². The fourth-order valence-electron chi connectivity index (χ4n) is 2.34. The number of halogens is 1. The number of fused-ring (bicyclic) bond motifs is 1. The Balaban J connectivity index is 2.15. The highest BCUT2D eigenvalue weighted by Crippen LogP contribution is 2.19. The summed E-state index contributed by atoms with van der Waals surface area (Å²) in [6.07, 6.45) is 0. The van der Waals surface area contributed by atoms with Gasteiger partial charge in [-0.2, -0.15) is 8.42 Å². The van der Waals surface area contributed by atoms with Crippen molar-refractivity contribution in [2.75, 3.05) is 6.61 Å². The summed E-state index contributed by atoms with van der Waals surface area (Å²) in [5, 5.41) is 0.434. The number of aromatic nitrogens is 1. The third kappa shape index (κ3) is 3.98. The van der Waals surface area contributed by atoms with Gasteiger partial charge in [-0.3, -0.25) is 4.79 Å². The Hall–Kier alpha value is -2.16. The number of hydrogen-bond acceptors (Lipinski definition) is 5. The molecule has 0 radical (unpaired) electrons. The Kier molecular flexibility index (Phi) is 5.45. The van der Waals surface area contributed by atoms with Crippen LogP contribution in [0.25, 0.3) is 10.2 Å². The van der Waals surface area contributed by atoms with Gasteiger partial charge in [0.15, 0.2) is 0 Å². The van der Waals surface area contributed by atoms with Crippen LogP contribution in [0.3, 0.4) is 0 Å². The van der Waals surface area contributed by atoms with Crippen molar-refractivity contribution in [2.24, 2.45) is 4.40 Å². The molecular formula is C17H15ClN2O4S2. The van der Waals surface area contributed by atoms with Gasteiger partial charge in [-0.25, -0.2) is 0 Å². The first kappa shape index (κ1) is 18.6. The van der Waals surface area contributed by atoms with Crippen LogP contribution in [-0.2, 0) is 26.1 Å². The van der Waals surface area contributed by atoms with E-state index in [0.29, 0.717) is 5.02 Å². The number of thiazole rings is 1. The molecule has 0 saturated carbocycles. The van der Waals surface area contributed by atoms with Crippen molar-refractivity contribution in [3.05, 3.63) is 58.4 Å². The number of carbonyl (C=O) groups excluding carboxylic acids is 1. The van der Waals surface area contributed by atoms with E-state index in [1.807, 2.05) is 18.2 Å². The molecule has 0 bridgehead atoms. The predicted molar refractivity (Wildman–Crippen MR) is 101 cm³/mol. The van der Waals surface area contributed by atoms with Crippen LogP contribution >= 0.6 is 22.9 Å². The fourth-order valence-corrected chi connectivity index (χ4v) is 4.70. The van der Waals surface area contributed by atoms with Crippen molar-refractivity contribution in [1.82, 2.24) is 4.57 Å². The molecule has 1 heterocycles. The quantitative estimate of drug-likeness (QED) is 0.605. The Bertz CT molecular complexity index is 1120. The molecule has 0 fully saturated rings. The summed E-state index contributed by atoms with van der Waals surface area (Å²) in [5.74, 6) is -0.457. The normalized spacial score (nSPS) is 12.5. The van der Waals surface area contributed by atoms with Crippen molar-refractivity contribution < 1.29 is 17.9 Å². The number of carbonyl (C=O) groups is 1. The molecule has 0 N–H and O–H groups in total. The third-order valence-electron chi connectivity index (χ3n) is 3.49. The predicted octanol–water partition coefficient (Wildman–Crippen LogP) is 3.21. The molecule has 0 amide bonds. The minimum atomic E-state index is -3.94.